The third kappa shape index (κ3) is 4.05. The van der Waals surface area contributed by atoms with Crippen LogP contribution in [0.25, 0.3) is 17.4 Å². The first-order chi connectivity index (χ1) is 14.7. The number of hydrogen-bond donors (Lipinski definition) is 0. The lowest BCUT2D eigenvalue weighted by Crippen LogP contribution is -2.07. The van der Waals surface area contributed by atoms with Crippen molar-refractivity contribution in [2.24, 2.45) is 4.99 Å². The Morgan fingerprint density at radius 2 is 1.74 bits per heavy atom. The molecule has 0 radical (unpaired) electrons. The fourth-order valence-electron chi connectivity index (χ4n) is 2.74. The number of non-ortho nitro benzene ring substituents is 1. The van der Waals surface area contributed by atoms with Gasteiger partial charge < -0.3 is 9.15 Å². The van der Waals surface area contributed by atoms with E-state index < -0.39 is 22.5 Å². The Morgan fingerprint density at radius 3 is 2.48 bits per heavy atom. The van der Waals surface area contributed by atoms with E-state index in [1.165, 1.54) is 36.4 Å². The molecule has 0 saturated carbocycles. The minimum absolute atomic E-state index is 0.0965. The highest BCUT2D eigenvalue weighted by Crippen LogP contribution is 2.33. The Kier molecular flexibility index (Phi) is 5.30. The highest BCUT2D eigenvalue weighted by Gasteiger charge is 2.27. The van der Waals surface area contributed by atoms with Crippen molar-refractivity contribution in [2.75, 3.05) is 0 Å². The minimum atomic E-state index is -1.18. The van der Waals surface area contributed by atoms with Crippen LogP contribution in [0.5, 0.6) is 0 Å². The number of carbonyl (C=O) groups is 1. The molecule has 0 bridgehead atoms. The molecule has 11 heteroatoms. The van der Waals surface area contributed by atoms with Gasteiger partial charge in [-0.3, -0.25) is 10.1 Å². The number of esters is 1. The number of nitro groups is 1. The maximum Gasteiger partial charge on any atom is 0.363 e. The average molecular weight is 465 g/mol. The first-order valence-corrected chi connectivity index (χ1v) is 9.20. The van der Waals surface area contributed by atoms with E-state index in [1.54, 1.807) is 0 Å². The maximum absolute atomic E-state index is 13.5. The van der Waals surface area contributed by atoms with E-state index in [0.29, 0.717) is 0 Å². The molecule has 4 rings (SSSR count). The topological polar surface area (TPSA) is 94.9 Å². The van der Waals surface area contributed by atoms with Gasteiger partial charge in [0.15, 0.2) is 17.3 Å². The molecule has 3 aromatic rings. The van der Waals surface area contributed by atoms with E-state index in [2.05, 4.69) is 4.99 Å². The van der Waals surface area contributed by atoms with Crippen molar-refractivity contribution in [3.63, 3.8) is 0 Å². The molecule has 0 atom stereocenters. The van der Waals surface area contributed by atoms with Crippen molar-refractivity contribution in [1.82, 2.24) is 0 Å². The van der Waals surface area contributed by atoms with Crippen LogP contribution in [-0.2, 0) is 9.53 Å². The van der Waals surface area contributed by atoms with Crippen LogP contribution in [0.2, 0.25) is 10.0 Å². The highest BCUT2D eigenvalue weighted by molar-refractivity contribution is 6.34. The lowest BCUT2D eigenvalue weighted by molar-refractivity contribution is -0.384. The Bertz CT molecular complexity index is 1320. The summed E-state index contributed by atoms with van der Waals surface area (Å²) in [4.78, 5) is 26.5. The number of ether oxygens (including phenoxy) is 1. The second-order valence-corrected chi connectivity index (χ2v) is 7.02. The molecule has 1 aliphatic heterocycles. The zero-order valence-corrected chi connectivity index (χ0v) is 16.6. The first-order valence-electron chi connectivity index (χ1n) is 8.44. The molecule has 31 heavy (non-hydrogen) atoms. The van der Waals surface area contributed by atoms with E-state index in [4.69, 9.17) is 32.4 Å². The Balaban J connectivity index is 1.67. The summed E-state index contributed by atoms with van der Waals surface area (Å²) in [5, 5.41) is 11.0. The third-order valence-electron chi connectivity index (χ3n) is 4.19. The molecule has 0 fully saturated rings. The molecule has 1 aliphatic rings. The number of aliphatic imine (C=N–C) groups is 1. The molecule has 1 aromatic heterocycles. The number of cyclic esters (lactones) is 1. The van der Waals surface area contributed by atoms with Crippen LogP contribution in [0.15, 0.2) is 57.6 Å². The van der Waals surface area contributed by atoms with Gasteiger partial charge in [0.2, 0.25) is 5.90 Å². The normalized spacial score (nSPS) is 14.6. The number of nitro benzene ring substituents is 1. The van der Waals surface area contributed by atoms with Crippen molar-refractivity contribution in [1.29, 1.82) is 0 Å². The lowest BCUT2D eigenvalue weighted by Gasteiger charge is -2.03. The number of nitrogens with zero attached hydrogens (tertiary/aromatic N) is 2. The molecule has 0 amide bonds. The Labute approximate surface area is 182 Å². The average Bonchev–Trinajstić information content (AvgIpc) is 3.32. The van der Waals surface area contributed by atoms with Crippen molar-refractivity contribution < 1.29 is 27.7 Å². The van der Waals surface area contributed by atoms with Gasteiger partial charge in [0.25, 0.3) is 5.69 Å². The van der Waals surface area contributed by atoms with Gasteiger partial charge in [-0.1, -0.05) is 23.2 Å². The SMILES string of the molecule is O=C1OC(c2cc(F)c(F)cc2Cl)=N/C1=C\c1ccc(-c2cc([N+](=O)[O-])ccc2Cl)o1. The van der Waals surface area contributed by atoms with Crippen LogP contribution in [-0.4, -0.2) is 16.8 Å². The second-order valence-electron chi connectivity index (χ2n) is 6.21. The van der Waals surface area contributed by atoms with Gasteiger partial charge in [-0.25, -0.2) is 18.6 Å². The monoisotopic (exact) mass is 464 g/mol. The Morgan fingerprint density at radius 1 is 1.00 bits per heavy atom. The summed E-state index contributed by atoms with van der Waals surface area (Å²) < 4.78 is 37.4. The summed E-state index contributed by atoms with van der Waals surface area (Å²) in [5.41, 5.74) is -0.164. The molecular weight excluding hydrogens is 457 g/mol. The van der Waals surface area contributed by atoms with Crippen molar-refractivity contribution >= 4 is 46.8 Å². The van der Waals surface area contributed by atoms with Crippen LogP contribution in [0.4, 0.5) is 14.5 Å². The highest BCUT2D eigenvalue weighted by atomic mass is 35.5. The summed E-state index contributed by atoms with van der Waals surface area (Å²) in [6, 6.07) is 8.38. The molecule has 2 aromatic carbocycles. The summed E-state index contributed by atoms with van der Waals surface area (Å²) in [7, 11) is 0. The predicted molar refractivity (Wildman–Crippen MR) is 108 cm³/mol. The molecule has 0 aliphatic carbocycles. The number of benzene rings is 2. The van der Waals surface area contributed by atoms with Crippen molar-refractivity contribution in [3.8, 4) is 11.3 Å². The van der Waals surface area contributed by atoms with Crippen LogP contribution in [0, 0.1) is 21.7 Å². The number of hydrogen-bond acceptors (Lipinski definition) is 6. The second kappa shape index (κ2) is 7.93. The van der Waals surface area contributed by atoms with E-state index >= 15 is 0 Å². The summed E-state index contributed by atoms with van der Waals surface area (Å²) >= 11 is 12.0. The number of rotatable bonds is 4. The van der Waals surface area contributed by atoms with Gasteiger partial charge in [-0.05, 0) is 30.3 Å². The fourth-order valence-corrected chi connectivity index (χ4v) is 3.18. The predicted octanol–water partition coefficient (Wildman–Crippen LogP) is 5.78. The molecule has 0 unspecified atom stereocenters. The summed E-state index contributed by atoms with van der Waals surface area (Å²) in [5.74, 6) is -3.10. The minimum Gasteiger partial charge on any atom is -0.457 e. The Hall–Kier alpha value is -3.56. The van der Waals surface area contributed by atoms with Crippen molar-refractivity contribution in [2.45, 2.75) is 0 Å². The van der Waals surface area contributed by atoms with Gasteiger partial charge in [-0.2, -0.15) is 0 Å². The fraction of sp³-hybridized carbons (Fsp3) is 0. The molecule has 2 heterocycles. The molecular formula is C20H8Cl2F2N2O5. The molecule has 0 spiro atoms. The number of carbonyl (C=O) groups excluding carboxylic acids is 1. The number of halogens is 4. The zero-order chi connectivity index (χ0) is 22.3. The zero-order valence-electron chi connectivity index (χ0n) is 15.1. The maximum atomic E-state index is 13.5. The quantitative estimate of drug-likeness (QED) is 0.160. The van der Waals surface area contributed by atoms with Gasteiger partial charge >= 0.3 is 5.97 Å². The summed E-state index contributed by atoms with van der Waals surface area (Å²) in [6.45, 7) is 0. The lowest BCUT2D eigenvalue weighted by atomic mass is 10.1. The summed E-state index contributed by atoms with van der Waals surface area (Å²) in [6.07, 6.45) is 1.25. The molecule has 0 N–H and O–H groups in total. The van der Waals surface area contributed by atoms with Crippen LogP contribution >= 0.6 is 23.2 Å². The van der Waals surface area contributed by atoms with Crippen LogP contribution < -0.4 is 0 Å². The van der Waals surface area contributed by atoms with E-state index in [0.717, 1.165) is 12.1 Å². The number of furan rings is 1. The van der Waals surface area contributed by atoms with E-state index in [1.807, 2.05) is 0 Å². The van der Waals surface area contributed by atoms with Gasteiger partial charge in [0, 0.05) is 23.8 Å². The van der Waals surface area contributed by atoms with Gasteiger partial charge in [0.1, 0.15) is 11.5 Å². The third-order valence-corrected chi connectivity index (χ3v) is 4.84. The molecule has 0 saturated heterocycles. The molecule has 156 valence electrons. The van der Waals surface area contributed by atoms with Crippen LogP contribution in [0.3, 0.4) is 0 Å². The van der Waals surface area contributed by atoms with E-state index in [-0.39, 0.29) is 50.0 Å². The smallest absolute Gasteiger partial charge is 0.363 e. The van der Waals surface area contributed by atoms with E-state index in [9.17, 15) is 23.7 Å². The first kappa shape index (κ1) is 20.7. The van der Waals surface area contributed by atoms with Gasteiger partial charge in [0.05, 0.1) is 20.5 Å². The van der Waals surface area contributed by atoms with Gasteiger partial charge in [-0.15, -0.1) is 0 Å². The standard InChI is InChI=1S/C20H8Cl2F2N2O5/c21-13-3-1-9(26(28)29)5-11(13)18-4-2-10(30-18)6-17-20(27)31-19(25-17)12-7-15(23)16(24)8-14(12)22/h1-8H/b17-6-. The van der Waals surface area contributed by atoms with Crippen molar-refractivity contribution in [3.05, 3.63) is 91.3 Å². The van der Waals surface area contributed by atoms with Crippen LogP contribution in [0.1, 0.15) is 11.3 Å². The molecule has 7 nitrogen and oxygen atoms in total. The largest absolute Gasteiger partial charge is 0.457 e.